The number of Topliss-reactive ketones (excluding diaryl/α,β-unsaturated/α-hetero) is 1. The summed E-state index contributed by atoms with van der Waals surface area (Å²) in [6.45, 7) is 0.668. The van der Waals surface area contributed by atoms with Gasteiger partial charge in [-0.15, -0.1) is 11.3 Å². The van der Waals surface area contributed by atoms with E-state index >= 15 is 0 Å². The highest BCUT2D eigenvalue weighted by atomic mass is 32.1. The summed E-state index contributed by atoms with van der Waals surface area (Å²) in [4.78, 5) is 26.1. The number of benzene rings is 2. The normalized spacial score (nSPS) is 12.2. The molecule has 0 N–H and O–H groups in total. The van der Waals surface area contributed by atoms with Gasteiger partial charge in [-0.1, -0.05) is 0 Å². The molecule has 8 heteroatoms. The van der Waals surface area contributed by atoms with Crippen molar-refractivity contribution in [2.75, 3.05) is 34.0 Å². The van der Waals surface area contributed by atoms with Crippen LogP contribution in [-0.2, 0) is 4.74 Å². The molecule has 160 valence electrons. The molecule has 4 rings (SSSR count). The Bertz CT molecular complexity index is 1120. The molecule has 3 aromatic rings. The Balaban J connectivity index is 1.41. The quantitative estimate of drug-likeness (QED) is 0.401. The first-order valence-corrected chi connectivity index (χ1v) is 10.3. The summed E-state index contributed by atoms with van der Waals surface area (Å²) in [6, 6.07) is 14.0. The molecule has 0 unspecified atom stereocenters. The standard InChI is InChI=1S/C23H20O7S/c1-26-17-5-3-14(11-19(17)27-2)16(24)13-30-23(25)22-8-7-21(31-22)15-4-6-18-20(12-15)29-10-9-28-18/h3-8,11-12H,9-10,13H2,1-2H3. The van der Waals surface area contributed by atoms with E-state index in [-0.39, 0.29) is 12.4 Å². The van der Waals surface area contributed by atoms with Crippen molar-refractivity contribution in [1.29, 1.82) is 0 Å². The summed E-state index contributed by atoms with van der Waals surface area (Å²) < 4.78 is 26.7. The fraction of sp³-hybridized carbons (Fsp3) is 0.217. The molecular weight excluding hydrogens is 420 g/mol. The molecule has 7 nitrogen and oxygen atoms in total. The van der Waals surface area contributed by atoms with Crippen molar-refractivity contribution < 1.29 is 33.3 Å². The van der Waals surface area contributed by atoms with Gasteiger partial charge in [0.05, 0.1) is 14.2 Å². The highest BCUT2D eigenvalue weighted by molar-refractivity contribution is 7.17. The van der Waals surface area contributed by atoms with E-state index in [4.69, 9.17) is 23.7 Å². The SMILES string of the molecule is COc1ccc(C(=O)COC(=O)c2ccc(-c3ccc4c(c3)OCCO4)s2)cc1OC. The maximum absolute atomic E-state index is 12.4. The zero-order valence-electron chi connectivity index (χ0n) is 17.0. The highest BCUT2D eigenvalue weighted by Crippen LogP contribution is 2.37. The number of carbonyl (C=O) groups excluding carboxylic acids is 2. The molecule has 1 aliphatic rings. The van der Waals surface area contributed by atoms with Gasteiger partial charge in [0.15, 0.2) is 35.4 Å². The lowest BCUT2D eigenvalue weighted by molar-refractivity contribution is 0.0479. The lowest BCUT2D eigenvalue weighted by Gasteiger charge is -2.18. The van der Waals surface area contributed by atoms with Gasteiger partial charge in [0.2, 0.25) is 0 Å². The van der Waals surface area contributed by atoms with Crippen LogP contribution in [0.3, 0.4) is 0 Å². The van der Waals surface area contributed by atoms with Gasteiger partial charge in [0.25, 0.3) is 0 Å². The van der Waals surface area contributed by atoms with E-state index in [1.807, 2.05) is 24.3 Å². The van der Waals surface area contributed by atoms with Crippen molar-refractivity contribution in [3.05, 3.63) is 59.0 Å². The molecule has 0 saturated carbocycles. The number of rotatable bonds is 7. The Labute approximate surface area is 183 Å². The second-order valence-electron chi connectivity index (χ2n) is 6.59. The average molecular weight is 440 g/mol. The van der Waals surface area contributed by atoms with Crippen LogP contribution < -0.4 is 18.9 Å². The van der Waals surface area contributed by atoms with Crippen LogP contribution in [0.2, 0.25) is 0 Å². The van der Waals surface area contributed by atoms with Crippen molar-refractivity contribution in [3.8, 4) is 33.4 Å². The molecule has 0 radical (unpaired) electrons. The van der Waals surface area contributed by atoms with Crippen molar-refractivity contribution in [1.82, 2.24) is 0 Å². The molecule has 0 atom stereocenters. The van der Waals surface area contributed by atoms with E-state index < -0.39 is 5.97 Å². The first-order valence-electron chi connectivity index (χ1n) is 9.51. The minimum absolute atomic E-state index is 0.335. The minimum atomic E-state index is -0.553. The predicted octanol–water partition coefficient (Wildman–Crippen LogP) is 4.24. The minimum Gasteiger partial charge on any atom is -0.493 e. The molecule has 0 amide bonds. The fourth-order valence-corrected chi connectivity index (χ4v) is 3.99. The van der Waals surface area contributed by atoms with Crippen molar-refractivity contribution in [3.63, 3.8) is 0 Å². The third kappa shape index (κ3) is 4.49. The van der Waals surface area contributed by atoms with Crippen LogP contribution in [-0.4, -0.2) is 45.8 Å². The number of ether oxygens (including phenoxy) is 5. The van der Waals surface area contributed by atoms with E-state index in [1.54, 1.807) is 24.3 Å². The Hall–Kier alpha value is -3.52. The summed E-state index contributed by atoms with van der Waals surface area (Å²) in [6.07, 6.45) is 0. The van der Waals surface area contributed by atoms with Gasteiger partial charge in [0, 0.05) is 10.4 Å². The summed E-state index contributed by atoms with van der Waals surface area (Å²) in [5.41, 5.74) is 1.28. The topological polar surface area (TPSA) is 80.3 Å². The van der Waals surface area contributed by atoms with Crippen LogP contribution in [0.5, 0.6) is 23.0 Å². The zero-order valence-corrected chi connectivity index (χ0v) is 17.8. The Morgan fingerprint density at radius 1 is 0.903 bits per heavy atom. The maximum Gasteiger partial charge on any atom is 0.348 e. The van der Waals surface area contributed by atoms with Crippen LogP contribution in [0.1, 0.15) is 20.0 Å². The first kappa shape index (κ1) is 20.7. The molecule has 2 aromatic carbocycles. The molecule has 2 heterocycles. The Kier molecular flexibility index (Phi) is 6.08. The molecular formula is C23H20O7S. The number of fused-ring (bicyclic) bond motifs is 1. The molecule has 1 aliphatic heterocycles. The summed E-state index contributed by atoms with van der Waals surface area (Å²) in [7, 11) is 3.00. The van der Waals surface area contributed by atoms with Crippen LogP contribution in [0, 0.1) is 0 Å². The van der Waals surface area contributed by atoms with E-state index in [9.17, 15) is 9.59 Å². The first-order chi connectivity index (χ1) is 15.1. The van der Waals surface area contributed by atoms with Crippen molar-refractivity contribution in [2.24, 2.45) is 0 Å². The van der Waals surface area contributed by atoms with Crippen LogP contribution in [0.25, 0.3) is 10.4 Å². The molecule has 31 heavy (non-hydrogen) atoms. The number of thiophene rings is 1. The average Bonchev–Trinajstić information content (AvgIpc) is 3.32. The largest absolute Gasteiger partial charge is 0.493 e. The number of esters is 1. The third-order valence-corrected chi connectivity index (χ3v) is 5.79. The van der Waals surface area contributed by atoms with Gasteiger partial charge in [-0.25, -0.2) is 4.79 Å². The molecule has 0 bridgehead atoms. The predicted molar refractivity (Wildman–Crippen MR) is 115 cm³/mol. The number of methoxy groups -OCH3 is 2. The van der Waals surface area contributed by atoms with E-state index in [2.05, 4.69) is 0 Å². The van der Waals surface area contributed by atoms with Crippen LogP contribution in [0.15, 0.2) is 48.5 Å². The van der Waals surface area contributed by atoms with E-state index in [0.29, 0.717) is 46.7 Å². The van der Waals surface area contributed by atoms with Crippen molar-refractivity contribution in [2.45, 2.75) is 0 Å². The molecule has 0 fully saturated rings. The van der Waals surface area contributed by atoms with Crippen LogP contribution >= 0.6 is 11.3 Å². The third-order valence-electron chi connectivity index (χ3n) is 4.67. The van der Waals surface area contributed by atoms with Gasteiger partial charge >= 0.3 is 5.97 Å². The molecule has 1 aromatic heterocycles. The lowest BCUT2D eigenvalue weighted by Crippen LogP contribution is -2.15. The molecule has 0 spiro atoms. The molecule has 0 aliphatic carbocycles. The Morgan fingerprint density at radius 2 is 1.68 bits per heavy atom. The van der Waals surface area contributed by atoms with Gasteiger partial charge in [0.1, 0.15) is 18.1 Å². The van der Waals surface area contributed by atoms with Gasteiger partial charge < -0.3 is 23.7 Å². The van der Waals surface area contributed by atoms with Crippen LogP contribution in [0.4, 0.5) is 0 Å². The van der Waals surface area contributed by atoms with E-state index in [0.717, 1.165) is 10.4 Å². The summed E-state index contributed by atoms with van der Waals surface area (Å²) in [5.74, 6) is 1.45. The van der Waals surface area contributed by atoms with Gasteiger partial charge in [-0.2, -0.15) is 0 Å². The smallest absolute Gasteiger partial charge is 0.348 e. The van der Waals surface area contributed by atoms with Gasteiger partial charge in [-0.3, -0.25) is 4.79 Å². The Morgan fingerprint density at radius 3 is 2.45 bits per heavy atom. The van der Waals surface area contributed by atoms with Crippen molar-refractivity contribution >= 4 is 23.1 Å². The number of hydrogen-bond donors (Lipinski definition) is 0. The zero-order chi connectivity index (χ0) is 21.8. The maximum atomic E-state index is 12.4. The highest BCUT2D eigenvalue weighted by Gasteiger charge is 2.17. The fourth-order valence-electron chi connectivity index (χ4n) is 3.09. The second kappa shape index (κ2) is 9.09. The number of carbonyl (C=O) groups is 2. The second-order valence-corrected chi connectivity index (χ2v) is 7.68. The monoisotopic (exact) mass is 440 g/mol. The van der Waals surface area contributed by atoms with E-state index in [1.165, 1.54) is 25.6 Å². The van der Waals surface area contributed by atoms with Gasteiger partial charge in [-0.05, 0) is 54.1 Å². The summed E-state index contributed by atoms with van der Waals surface area (Å²) in [5, 5.41) is 0. The number of hydrogen-bond acceptors (Lipinski definition) is 8. The lowest BCUT2D eigenvalue weighted by atomic mass is 10.1. The summed E-state index contributed by atoms with van der Waals surface area (Å²) >= 11 is 1.28. The molecule has 0 saturated heterocycles. The number of ketones is 1.